The van der Waals surface area contributed by atoms with Gasteiger partial charge in [-0.1, -0.05) is 0 Å². The summed E-state index contributed by atoms with van der Waals surface area (Å²) >= 11 is 3.20. The van der Waals surface area contributed by atoms with Crippen molar-refractivity contribution in [3.63, 3.8) is 0 Å². The molecule has 2 aromatic rings. The van der Waals surface area contributed by atoms with E-state index in [1.54, 1.807) is 13.8 Å². The van der Waals surface area contributed by atoms with E-state index < -0.39 is 10.0 Å². The first-order chi connectivity index (χ1) is 9.29. The number of hydrogen-bond acceptors (Lipinski definition) is 5. The molecule has 20 heavy (non-hydrogen) atoms. The average molecular weight is 357 g/mol. The van der Waals surface area contributed by atoms with E-state index in [-0.39, 0.29) is 10.7 Å². The van der Waals surface area contributed by atoms with Gasteiger partial charge < -0.3 is 5.73 Å². The minimum Gasteiger partial charge on any atom is -0.399 e. The molecule has 0 bridgehead atoms. The number of rotatable bonds is 3. The minimum absolute atomic E-state index is 0.110. The summed E-state index contributed by atoms with van der Waals surface area (Å²) in [5, 5.41) is 0. The van der Waals surface area contributed by atoms with Crippen LogP contribution in [0.2, 0.25) is 0 Å². The maximum absolute atomic E-state index is 12.2. The SMILES string of the molecule is Cc1nc(Br)c(NS(=O)(=O)c2ccc(N)cc2)nc1C. The molecule has 0 saturated heterocycles. The van der Waals surface area contributed by atoms with Gasteiger partial charge in [-0.05, 0) is 54.0 Å². The van der Waals surface area contributed by atoms with E-state index >= 15 is 0 Å². The standard InChI is InChI=1S/C12H13BrN4O2S/c1-7-8(2)16-12(11(13)15-7)17-20(18,19)10-5-3-9(14)4-6-10/h3-6H,14H2,1-2H3,(H,16,17). The normalized spacial score (nSPS) is 11.3. The van der Waals surface area contributed by atoms with Gasteiger partial charge in [-0.15, -0.1) is 0 Å². The molecule has 0 radical (unpaired) electrons. The largest absolute Gasteiger partial charge is 0.399 e. The molecule has 1 aromatic carbocycles. The second-order valence-corrected chi connectivity index (χ2v) is 6.64. The summed E-state index contributed by atoms with van der Waals surface area (Å²) < 4.78 is 27.2. The molecule has 0 aliphatic carbocycles. The molecule has 8 heteroatoms. The van der Waals surface area contributed by atoms with E-state index in [4.69, 9.17) is 5.73 Å². The molecule has 0 saturated carbocycles. The Bertz CT molecular complexity index is 745. The van der Waals surface area contributed by atoms with Crippen molar-refractivity contribution in [3.05, 3.63) is 40.3 Å². The third-order valence-electron chi connectivity index (χ3n) is 2.69. The van der Waals surface area contributed by atoms with Crippen molar-refractivity contribution >= 4 is 37.5 Å². The summed E-state index contributed by atoms with van der Waals surface area (Å²) in [7, 11) is -3.72. The summed E-state index contributed by atoms with van der Waals surface area (Å²) in [6.07, 6.45) is 0. The first-order valence-corrected chi connectivity index (χ1v) is 7.96. The number of nitrogens with zero attached hydrogens (tertiary/aromatic N) is 2. The Morgan fingerprint density at radius 3 is 2.25 bits per heavy atom. The number of nitrogen functional groups attached to an aromatic ring is 1. The summed E-state index contributed by atoms with van der Waals surface area (Å²) in [5.41, 5.74) is 7.42. The van der Waals surface area contributed by atoms with Crippen LogP contribution in [0.25, 0.3) is 0 Å². The Labute approximate surface area is 125 Å². The lowest BCUT2D eigenvalue weighted by Gasteiger charge is -2.10. The molecule has 0 spiro atoms. The van der Waals surface area contributed by atoms with Crippen LogP contribution in [-0.4, -0.2) is 18.4 Å². The van der Waals surface area contributed by atoms with E-state index in [0.29, 0.717) is 16.0 Å². The zero-order chi connectivity index (χ0) is 14.9. The number of aromatic nitrogens is 2. The van der Waals surface area contributed by atoms with Crippen molar-refractivity contribution in [1.82, 2.24) is 9.97 Å². The van der Waals surface area contributed by atoms with Crippen LogP contribution in [0.5, 0.6) is 0 Å². The van der Waals surface area contributed by atoms with Gasteiger partial charge in [0.25, 0.3) is 10.0 Å². The second-order valence-electron chi connectivity index (χ2n) is 4.21. The molecule has 1 heterocycles. The predicted molar refractivity (Wildman–Crippen MR) is 80.9 cm³/mol. The van der Waals surface area contributed by atoms with Crippen LogP contribution in [0.3, 0.4) is 0 Å². The van der Waals surface area contributed by atoms with Gasteiger partial charge in [-0.2, -0.15) is 0 Å². The molecular weight excluding hydrogens is 344 g/mol. The summed E-state index contributed by atoms with van der Waals surface area (Å²) in [6.45, 7) is 3.56. The summed E-state index contributed by atoms with van der Waals surface area (Å²) in [4.78, 5) is 8.46. The number of aryl methyl sites for hydroxylation is 2. The van der Waals surface area contributed by atoms with Crippen molar-refractivity contribution in [1.29, 1.82) is 0 Å². The molecule has 106 valence electrons. The lowest BCUT2D eigenvalue weighted by molar-refractivity contribution is 0.601. The Morgan fingerprint density at radius 1 is 1.10 bits per heavy atom. The lowest BCUT2D eigenvalue weighted by atomic mass is 10.3. The molecule has 0 fully saturated rings. The second kappa shape index (κ2) is 5.37. The van der Waals surface area contributed by atoms with Gasteiger partial charge in [-0.25, -0.2) is 18.4 Å². The number of nitrogens with one attached hydrogen (secondary N) is 1. The maximum atomic E-state index is 12.2. The smallest absolute Gasteiger partial charge is 0.263 e. The summed E-state index contributed by atoms with van der Waals surface area (Å²) in [5.74, 6) is 0.157. The molecule has 6 nitrogen and oxygen atoms in total. The Kier molecular flexibility index (Phi) is 3.96. The monoisotopic (exact) mass is 356 g/mol. The number of hydrogen-bond donors (Lipinski definition) is 2. The van der Waals surface area contributed by atoms with Gasteiger partial charge in [-0.3, -0.25) is 4.72 Å². The van der Waals surface area contributed by atoms with Crippen LogP contribution in [0.1, 0.15) is 11.4 Å². The highest BCUT2D eigenvalue weighted by molar-refractivity contribution is 9.10. The highest BCUT2D eigenvalue weighted by Crippen LogP contribution is 2.22. The van der Waals surface area contributed by atoms with Gasteiger partial charge in [0.05, 0.1) is 16.3 Å². The fraction of sp³-hybridized carbons (Fsp3) is 0.167. The molecule has 0 atom stereocenters. The number of halogens is 1. The number of nitrogens with two attached hydrogens (primary N) is 1. The number of sulfonamides is 1. The predicted octanol–water partition coefficient (Wildman–Crippen LogP) is 2.24. The van der Waals surface area contributed by atoms with E-state index in [0.717, 1.165) is 5.69 Å². The first kappa shape index (κ1) is 14.7. The Balaban J connectivity index is 2.38. The molecule has 0 aliphatic rings. The third kappa shape index (κ3) is 3.07. The Morgan fingerprint density at radius 2 is 1.65 bits per heavy atom. The number of anilines is 2. The lowest BCUT2D eigenvalue weighted by Crippen LogP contribution is -2.15. The zero-order valence-electron chi connectivity index (χ0n) is 10.9. The van der Waals surface area contributed by atoms with Crippen LogP contribution in [0.15, 0.2) is 33.8 Å². The molecular formula is C12H13BrN4O2S. The van der Waals surface area contributed by atoms with Crippen LogP contribution in [0, 0.1) is 13.8 Å². The van der Waals surface area contributed by atoms with Gasteiger partial charge in [0.15, 0.2) is 5.82 Å². The van der Waals surface area contributed by atoms with Crippen LogP contribution >= 0.6 is 15.9 Å². The number of benzene rings is 1. The quantitative estimate of drug-likeness (QED) is 0.821. The van der Waals surface area contributed by atoms with E-state index in [9.17, 15) is 8.42 Å². The fourth-order valence-electron chi connectivity index (χ4n) is 1.47. The summed E-state index contributed by atoms with van der Waals surface area (Å²) in [6, 6.07) is 5.91. The van der Waals surface area contributed by atoms with E-state index in [1.165, 1.54) is 24.3 Å². The maximum Gasteiger partial charge on any atom is 0.263 e. The zero-order valence-corrected chi connectivity index (χ0v) is 13.3. The molecule has 2 rings (SSSR count). The molecule has 0 amide bonds. The molecule has 1 aromatic heterocycles. The van der Waals surface area contributed by atoms with Gasteiger partial charge in [0, 0.05) is 5.69 Å². The minimum atomic E-state index is -3.72. The van der Waals surface area contributed by atoms with Crippen molar-refractivity contribution in [3.8, 4) is 0 Å². The Hall–Kier alpha value is -1.67. The van der Waals surface area contributed by atoms with E-state index in [1.807, 2.05) is 0 Å². The first-order valence-electron chi connectivity index (χ1n) is 5.69. The van der Waals surface area contributed by atoms with Gasteiger partial charge in [0.2, 0.25) is 0 Å². The molecule has 0 unspecified atom stereocenters. The van der Waals surface area contributed by atoms with Crippen molar-refractivity contribution < 1.29 is 8.42 Å². The van der Waals surface area contributed by atoms with Gasteiger partial charge in [0.1, 0.15) is 4.60 Å². The molecule has 0 aliphatic heterocycles. The highest BCUT2D eigenvalue weighted by atomic mass is 79.9. The van der Waals surface area contributed by atoms with Crippen LogP contribution < -0.4 is 10.5 Å². The highest BCUT2D eigenvalue weighted by Gasteiger charge is 2.17. The third-order valence-corrected chi connectivity index (χ3v) is 4.59. The van der Waals surface area contributed by atoms with E-state index in [2.05, 4.69) is 30.6 Å². The average Bonchev–Trinajstić information content (AvgIpc) is 2.36. The van der Waals surface area contributed by atoms with Gasteiger partial charge >= 0.3 is 0 Å². The van der Waals surface area contributed by atoms with Crippen molar-refractivity contribution in [2.75, 3.05) is 10.5 Å². The fourth-order valence-corrected chi connectivity index (χ4v) is 3.07. The van der Waals surface area contributed by atoms with Crippen molar-refractivity contribution in [2.24, 2.45) is 0 Å². The topological polar surface area (TPSA) is 98.0 Å². The molecule has 3 N–H and O–H groups in total. The van der Waals surface area contributed by atoms with Crippen LogP contribution in [-0.2, 0) is 10.0 Å². The van der Waals surface area contributed by atoms with Crippen molar-refractivity contribution in [2.45, 2.75) is 18.7 Å². The van der Waals surface area contributed by atoms with Crippen LogP contribution in [0.4, 0.5) is 11.5 Å².